The second-order valence-corrected chi connectivity index (χ2v) is 5.16. The summed E-state index contributed by atoms with van der Waals surface area (Å²) in [4.78, 5) is 16.0. The zero-order valence-corrected chi connectivity index (χ0v) is 11.1. The summed E-state index contributed by atoms with van der Waals surface area (Å²) in [7, 11) is 0. The van der Waals surface area contributed by atoms with E-state index in [0.29, 0.717) is 5.02 Å². The van der Waals surface area contributed by atoms with Gasteiger partial charge in [0.15, 0.2) is 0 Å². The highest BCUT2D eigenvalue weighted by atomic mass is 35.5. The fourth-order valence-electron chi connectivity index (χ4n) is 1.43. The Balaban J connectivity index is 2.05. The van der Waals surface area contributed by atoms with Gasteiger partial charge in [-0.3, -0.25) is 4.79 Å². The molecule has 0 aliphatic heterocycles. The number of benzene rings is 1. The summed E-state index contributed by atoms with van der Waals surface area (Å²) in [5.74, 6) is -1.09. The van der Waals surface area contributed by atoms with Crippen molar-refractivity contribution in [2.24, 2.45) is 0 Å². The van der Waals surface area contributed by atoms with Gasteiger partial charge in [0.25, 0.3) is 5.91 Å². The first-order valence-electron chi connectivity index (χ1n) is 5.20. The third-order valence-corrected chi connectivity index (χ3v) is 3.33. The number of nitrogens with one attached hydrogen (secondary N) is 1. The Morgan fingerprint density at radius 3 is 3.00 bits per heavy atom. The van der Waals surface area contributed by atoms with Gasteiger partial charge in [0.1, 0.15) is 5.82 Å². The van der Waals surface area contributed by atoms with Crippen molar-refractivity contribution < 1.29 is 9.18 Å². The van der Waals surface area contributed by atoms with Crippen LogP contribution in [0.4, 0.5) is 4.39 Å². The number of rotatable bonds is 3. The summed E-state index contributed by atoms with van der Waals surface area (Å²) in [5.41, 5.74) is 0.697. The molecule has 1 amide bonds. The van der Waals surface area contributed by atoms with E-state index in [2.05, 4.69) is 10.3 Å². The molecule has 1 heterocycles. The monoisotopic (exact) mass is 284 g/mol. The van der Waals surface area contributed by atoms with Gasteiger partial charge in [-0.1, -0.05) is 11.6 Å². The standard InChI is InChI=1S/C12H10ClFN2OS/c1-7-16-9(6-18-7)5-15-12(17)10-4-8(13)2-3-11(10)14/h2-4,6H,5H2,1H3,(H,15,17). The van der Waals surface area contributed by atoms with Crippen molar-refractivity contribution in [2.45, 2.75) is 13.5 Å². The molecule has 2 rings (SSSR count). The van der Waals surface area contributed by atoms with Crippen LogP contribution in [-0.4, -0.2) is 10.9 Å². The van der Waals surface area contributed by atoms with Crippen LogP contribution in [0, 0.1) is 12.7 Å². The molecule has 18 heavy (non-hydrogen) atoms. The van der Waals surface area contributed by atoms with Crippen LogP contribution in [0.2, 0.25) is 5.02 Å². The molecule has 94 valence electrons. The predicted molar refractivity (Wildman–Crippen MR) is 69.4 cm³/mol. The van der Waals surface area contributed by atoms with E-state index in [1.807, 2.05) is 12.3 Å². The fourth-order valence-corrected chi connectivity index (χ4v) is 2.21. The Hall–Kier alpha value is -1.46. The molecule has 0 aliphatic carbocycles. The highest BCUT2D eigenvalue weighted by molar-refractivity contribution is 7.09. The first-order chi connectivity index (χ1) is 8.56. The van der Waals surface area contributed by atoms with Crippen LogP contribution in [0.3, 0.4) is 0 Å². The number of nitrogens with zero attached hydrogens (tertiary/aromatic N) is 1. The van der Waals surface area contributed by atoms with E-state index in [0.717, 1.165) is 10.7 Å². The van der Waals surface area contributed by atoms with Crippen LogP contribution < -0.4 is 5.32 Å². The van der Waals surface area contributed by atoms with E-state index in [1.54, 1.807) is 0 Å². The molecule has 0 saturated heterocycles. The van der Waals surface area contributed by atoms with E-state index < -0.39 is 11.7 Å². The maximum atomic E-state index is 13.4. The molecule has 0 radical (unpaired) electrons. The lowest BCUT2D eigenvalue weighted by atomic mass is 10.2. The lowest BCUT2D eigenvalue weighted by Crippen LogP contribution is -2.24. The minimum atomic E-state index is -0.591. The van der Waals surface area contributed by atoms with Gasteiger partial charge < -0.3 is 5.32 Å². The van der Waals surface area contributed by atoms with Crippen LogP contribution in [0.1, 0.15) is 21.1 Å². The lowest BCUT2D eigenvalue weighted by Gasteiger charge is -2.05. The number of thiazole rings is 1. The number of halogens is 2. The normalized spacial score (nSPS) is 10.4. The molecule has 0 atom stereocenters. The van der Waals surface area contributed by atoms with Gasteiger partial charge in [-0.2, -0.15) is 0 Å². The molecule has 1 aromatic heterocycles. The summed E-state index contributed by atoms with van der Waals surface area (Å²) in [5, 5.41) is 5.70. The van der Waals surface area contributed by atoms with E-state index in [4.69, 9.17) is 11.6 Å². The molecule has 0 bridgehead atoms. The number of carbonyl (C=O) groups is 1. The van der Waals surface area contributed by atoms with Crippen LogP contribution in [0.25, 0.3) is 0 Å². The minimum Gasteiger partial charge on any atom is -0.346 e. The SMILES string of the molecule is Cc1nc(CNC(=O)c2cc(Cl)ccc2F)cs1. The van der Waals surface area contributed by atoms with Crippen molar-refractivity contribution in [3.63, 3.8) is 0 Å². The molecule has 0 aliphatic rings. The Kier molecular flexibility index (Phi) is 3.93. The first kappa shape index (κ1) is 13.0. The molecule has 1 aromatic carbocycles. The molecule has 2 aromatic rings. The average Bonchev–Trinajstić information content (AvgIpc) is 2.75. The highest BCUT2D eigenvalue weighted by Crippen LogP contribution is 2.15. The number of hydrogen-bond acceptors (Lipinski definition) is 3. The van der Waals surface area contributed by atoms with Crippen molar-refractivity contribution in [3.8, 4) is 0 Å². The predicted octanol–water partition coefficient (Wildman–Crippen LogP) is 3.17. The summed E-state index contributed by atoms with van der Waals surface area (Å²) < 4.78 is 13.4. The molecular weight excluding hydrogens is 275 g/mol. The average molecular weight is 285 g/mol. The second-order valence-electron chi connectivity index (χ2n) is 3.66. The van der Waals surface area contributed by atoms with E-state index in [1.165, 1.54) is 29.5 Å². The quantitative estimate of drug-likeness (QED) is 0.940. The first-order valence-corrected chi connectivity index (χ1v) is 6.46. The van der Waals surface area contributed by atoms with Crippen molar-refractivity contribution in [2.75, 3.05) is 0 Å². The Labute approximate surface area is 113 Å². The molecule has 1 N–H and O–H groups in total. The third kappa shape index (κ3) is 3.05. The molecular formula is C12H10ClFN2OS. The van der Waals surface area contributed by atoms with Crippen LogP contribution >= 0.6 is 22.9 Å². The molecule has 0 fully saturated rings. The second kappa shape index (κ2) is 5.46. The van der Waals surface area contributed by atoms with Gasteiger partial charge in [0, 0.05) is 10.4 Å². The van der Waals surface area contributed by atoms with Gasteiger partial charge in [-0.25, -0.2) is 9.37 Å². The Bertz CT molecular complexity index is 585. The summed E-state index contributed by atoms with van der Waals surface area (Å²) >= 11 is 7.22. The zero-order valence-electron chi connectivity index (χ0n) is 9.54. The van der Waals surface area contributed by atoms with Crippen molar-refractivity contribution in [1.29, 1.82) is 0 Å². The van der Waals surface area contributed by atoms with Gasteiger partial charge in [0.2, 0.25) is 0 Å². The van der Waals surface area contributed by atoms with Gasteiger partial charge in [-0.15, -0.1) is 11.3 Å². The lowest BCUT2D eigenvalue weighted by molar-refractivity contribution is 0.0946. The maximum Gasteiger partial charge on any atom is 0.254 e. The number of aryl methyl sites for hydroxylation is 1. The van der Waals surface area contributed by atoms with Crippen LogP contribution in [0.5, 0.6) is 0 Å². The van der Waals surface area contributed by atoms with Gasteiger partial charge in [-0.05, 0) is 25.1 Å². The number of carbonyl (C=O) groups excluding carboxylic acids is 1. The topological polar surface area (TPSA) is 42.0 Å². The summed E-state index contributed by atoms with van der Waals surface area (Å²) in [6.45, 7) is 2.15. The number of amides is 1. The zero-order chi connectivity index (χ0) is 13.1. The largest absolute Gasteiger partial charge is 0.346 e. The maximum absolute atomic E-state index is 13.4. The van der Waals surface area contributed by atoms with E-state index >= 15 is 0 Å². The third-order valence-electron chi connectivity index (χ3n) is 2.27. The summed E-state index contributed by atoms with van der Waals surface area (Å²) in [6, 6.07) is 3.88. The number of hydrogen-bond donors (Lipinski definition) is 1. The van der Waals surface area contributed by atoms with Crippen LogP contribution in [-0.2, 0) is 6.54 Å². The molecule has 0 unspecified atom stereocenters. The Morgan fingerprint density at radius 2 is 2.33 bits per heavy atom. The van der Waals surface area contributed by atoms with E-state index in [9.17, 15) is 9.18 Å². The number of aromatic nitrogens is 1. The van der Waals surface area contributed by atoms with Gasteiger partial charge in [0.05, 0.1) is 22.8 Å². The van der Waals surface area contributed by atoms with Crippen molar-refractivity contribution >= 4 is 28.8 Å². The van der Waals surface area contributed by atoms with E-state index in [-0.39, 0.29) is 12.1 Å². The highest BCUT2D eigenvalue weighted by Gasteiger charge is 2.12. The van der Waals surface area contributed by atoms with Crippen molar-refractivity contribution in [1.82, 2.24) is 10.3 Å². The van der Waals surface area contributed by atoms with Gasteiger partial charge >= 0.3 is 0 Å². The molecule has 0 saturated carbocycles. The smallest absolute Gasteiger partial charge is 0.254 e. The molecule has 3 nitrogen and oxygen atoms in total. The Morgan fingerprint density at radius 1 is 1.56 bits per heavy atom. The van der Waals surface area contributed by atoms with Crippen LogP contribution in [0.15, 0.2) is 23.6 Å². The molecule has 6 heteroatoms. The summed E-state index contributed by atoms with van der Waals surface area (Å²) in [6.07, 6.45) is 0. The fraction of sp³-hybridized carbons (Fsp3) is 0.167. The van der Waals surface area contributed by atoms with Crippen molar-refractivity contribution in [3.05, 3.63) is 50.7 Å². The minimum absolute atomic E-state index is 0.0607. The molecule has 0 spiro atoms.